The first kappa shape index (κ1) is 16.6. The van der Waals surface area contributed by atoms with Crippen LogP contribution in [0.1, 0.15) is 16.8 Å². The van der Waals surface area contributed by atoms with Gasteiger partial charge in [-0.05, 0) is 65.5 Å². The van der Waals surface area contributed by atoms with E-state index in [1.807, 2.05) is 23.1 Å². The van der Waals surface area contributed by atoms with Crippen molar-refractivity contribution in [3.05, 3.63) is 28.2 Å². The highest BCUT2D eigenvalue weighted by Gasteiger charge is 2.35. The van der Waals surface area contributed by atoms with Gasteiger partial charge in [0.05, 0.1) is 12.7 Å². The van der Waals surface area contributed by atoms with Gasteiger partial charge in [-0.1, -0.05) is 0 Å². The summed E-state index contributed by atoms with van der Waals surface area (Å²) in [5.41, 5.74) is 0.689. The molecule has 2 saturated heterocycles. The third-order valence-corrected chi connectivity index (χ3v) is 5.09. The molecule has 2 unspecified atom stereocenters. The third kappa shape index (κ3) is 3.35. The lowest BCUT2D eigenvalue weighted by atomic mass is 9.88. The number of nitrogens with one attached hydrogen (secondary N) is 1. The Bertz CT molecular complexity index is 526. The number of rotatable bonds is 2. The molecule has 2 aliphatic rings. The summed E-state index contributed by atoms with van der Waals surface area (Å²) in [5.74, 6) is 2.17. The van der Waals surface area contributed by atoms with E-state index in [-0.39, 0.29) is 18.3 Å². The van der Waals surface area contributed by atoms with Crippen LogP contribution in [0.3, 0.4) is 0 Å². The van der Waals surface area contributed by atoms with Gasteiger partial charge in [0.2, 0.25) is 0 Å². The lowest BCUT2D eigenvalue weighted by Crippen LogP contribution is -2.43. The monoisotopic (exact) mass is 374 g/mol. The van der Waals surface area contributed by atoms with Crippen LogP contribution in [0.4, 0.5) is 0 Å². The molecule has 1 aromatic rings. The van der Waals surface area contributed by atoms with Gasteiger partial charge in [0.15, 0.2) is 0 Å². The minimum Gasteiger partial charge on any atom is -0.497 e. The van der Waals surface area contributed by atoms with Gasteiger partial charge in [-0.15, -0.1) is 12.4 Å². The quantitative estimate of drug-likeness (QED) is 0.864. The number of halogens is 2. The number of fused-ring (bicyclic) bond motifs is 1. The number of carbonyl (C=O) groups excluding carboxylic acids is 1. The van der Waals surface area contributed by atoms with Crippen LogP contribution in [-0.4, -0.2) is 44.1 Å². The van der Waals surface area contributed by atoms with Crippen LogP contribution >= 0.6 is 28.3 Å². The summed E-state index contributed by atoms with van der Waals surface area (Å²) in [4.78, 5) is 14.7. The second-order valence-electron chi connectivity index (χ2n) is 5.56. The number of carbonyl (C=O) groups is 1. The summed E-state index contributed by atoms with van der Waals surface area (Å²) >= 11 is 3.47. The summed E-state index contributed by atoms with van der Waals surface area (Å²) < 4.78 is 6.04. The van der Waals surface area contributed by atoms with Crippen molar-refractivity contribution in [2.45, 2.75) is 6.42 Å². The molecule has 21 heavy (non-hydrogen) atoms. The van der Waals surface area contributed by atoms with Gasteiger partial charge in [0.1, 0.15) is 5.75 Å². The highest BCUT2D eigenvalue weighted by Crippen LogP contribution is 2.29. The minimum absolute atomic E-state index is 0. The SMILES string of the molecule is COc1ccc(Br)c(C(=O)N2CCC3CNCC3C2)c1.Cl. The Morgan fingerprint density at radius 2 is 2.14 bits per heavy atom. The number of hydrogen-bond donors (Lipinski definition) is 1. The van der Waals surface area contributed by atoms with Crippen molar-refractivity contribution in [1.82, 2.24) is 10.2 Å². The van der Waals surface area contributed by atoms with Crippen LogP contribution in [0.5, 0.6) is 5.75 Å². The summed E-state index contributed by atoms with van der Waals surface area (Å²) in [6.45, 7) is 3.86. The van der Waals surface area contributed by atoms with Crippen molar-refractivity contribution in [2.24, 2.45) is 11.8 Å². The summed E-state index contributed by atoms with van der Waals surface area (Å²) in [6, 6.07) is 5.54. The number of benzene rings is 1. The highest BCUT2D eigenvalue weighted by molar-refractivity contribution is 9.10. The molecule has 0 radical (unpaired) electrons. The van der Waals surface area contributed by atoms with Crippen molar-refractivity contribution in [3.63, 3.8) is 0 Å². The van der Waals surface area contributed by atoms with Crippen LogP contribution in [-0.2, 0) is 0 Å². The number of likely N-dealkylation sites (tertiary alicyclic amines) is 1. The maximum absolute atomic E-state index is 12.7. The minimum atomic E-state index is 0. The smallest absolute Gasteiger partial charge is 0.255 e. The average molecular weight is 376 g/mol. The fourth-order valence-corrected chi connectivity index (χ4v) is 3.60. The van der Waals surface area contributed by atoms with Gasteiger partial charge >= 0.3 is 0 Å². The Hall–Kier alpha value is -0.780. The number of amides is 1. The predicted octanol–water partition coefficient (Wildman–Crippen LogP) is 2.56. The fraction of sp³-hybridized carbons (Fsp3) is 0.533. The highest BCUT2D eigenvalue weighted by atomic mass is 79.9. The van der Waals surface area contributed by atoms with Crippen molar-refractivity contribution >= 4 is 34.2 Å². The number of piperidine rings is 1. The Labute approximate surface area is 139 Å². The molecule has 0 spiro atoms. The molecule has 2 heterocycles. The number of nitrogens with zero attached hydrogens (tertiary/aromatic N) is 1. The van der Waals surface area contributed by atoms with E-state index in [1.165, 1.54) is 0 Å². The maximum Gasteiger partial charge on any atom is 0.255 e. The molecule has 0 bridgehead atoms. The normalized spacial score (nSPS) is 24.2. The second kappa shape index (κ2) is 6.99. The van der Waals surface area contributed by atoms with E-state index in [0.717, 1.165) is 43.0 Å². The number of ether oxygens (including phenoxy) is 1. The lowest BCUT2D eigenvalue weighted by molar-refractivity contribution is 0.0641. The van der Waals surface area contributed by atoms with E-state index in [4.69, 9.17) is 4.74 Å². The van der Waals surface area contributed by atoms with E-state index in [0.29, 0.717) is 17.2 Å². The van der Waals surface area contributed by atoms with Gasteiger partial charge in [-0.25, -0.2) is 0 Å². The van der Waals surface area contributed by atoms with Crippen LogP contribution in [0.2, 0.25) is 0 Å². The van der Waals surface area contributed by atoms with Crippen molar-refractivity contribution in [1.29, 1.82) is 0 Å². The van der Waals surface area contributed by atoms with Crippen LogP contribution in [0.25, 0.3) is 0 Å². The Balaban J connectivity index is 0.00000161. The van der Waals surface area contributed by atoms with Gasteiger partial charge in [-0.3, -0.25) is 4.79 Å². The average Bonchev–Trinajstić information content (AvgIpc) is 2.94. The molecule has 0 aromatic heterocycles. The Morgan fingerprint density at radius 3 is 2.90 bits per heavy atom. The lowest BCUT2D eigenvalue weighted by Gasteiger charge is -2.34. The van der Waals surface area contributed by atoms with E-state index >= 15 is 0 Å². The van der Waals surface area contributed by atoms with Crippen molar-refractivity contribution in [2.75, 3.05) is 33.3 Å². The molecule has 6 heteroatoms. The molecular formula is C15H20BrClN2O2. The molecule has 1 N–H and O–H groups in total. The Morgan fingerprint density at radius 1 is 1.38 bits per heavy atom. The molecule has 1 aromatic carbocycles. The molecule has 0 aliphatic carbocycles. The van der Waals surface area contributed by atoms with Crippen molar-refractivity contribution < 1.29 is 9.53 Å². The summed E-state index contributed by atoms with van der Waals surface area (Å²) in [6.07, 6.45) is 1.10. The molecular weight excluding hydrogens is 356 g/mol. The zero-order chi connectivity index (χ0) is 14.1. The van der Waals surface area contributed by atoms with E-state index in [1.54, 1.807) is 7.11 Å². The van der Waals surface area contributed by atoms with Crippen LogP contribution < -0.4 is 10.1 Å². The number of methoxy groups -OCH3 is 1. The molecule has 2 atom stereocenters. The molecule has 3 rings (SSSR count). The first-order valence-corrected chi connectivity index (χ1v) is 7.82. The molecule has 1 amide bonds. The Kier molecular flexibility index (Phi) is 5.52. The standard InChI is InChI=1S/C15H19BrN2O2.ClH/c1-20-12-2-3-14(16)13(6-12)15(19)18-5-4-10-7-17-8-11(10)9-18;/h2-3,6,10-11,17H,4-5,7-9H2,1H3;1H. The summed E-state index contributed by atoms with van der Waals surface area (Å²) in [7, 11) is 1.62. The van der Waals surface area contributed by atoms with Gasteiger partial charge in [0.25, 0.3) is 5.91 Å². The first-order chi connectivity index (χ1) is 9.69. The molecule has 2 aliphatic heterocycles. The van der Waals surface area contributed by atoms with E-state index in [9.17, 15) is 4.79 Å². The van der Waals surface area contributed by atoms with E-state index < -0.39 is 0 Å². The van der Waals surface area contributed by atoms with Gasteiger partial charge < -0.3 is 15.0 Å². The maximum atomic E-state index is 12.7. The van der Waals surface area contributed by atoms with Crippen molar-refractivity contribution in [3.8, 4) is 5.75 Å². The number of hydrogen-bond acceptors (Lipinski definition) is 3. The molecule has 4 nitrogen and oxygen atoms in total. The molecule has 2 fully saturated rings. The third-order valence-electron chi connectivity index (χ3n) is 4.40. The molecule has 0 saturated carbocycles. The van der Waals surface area contributed by atoms with Crippen LogP contribution in [0, 0.1) is 11.8 Å². The van der Waals surface area contributed by atoms with E-state index in [2.05, 4.69) is 21.2 Å². The zero-order valence-corrected chi connectivity index (χ0v) is 14.4. The van der Waals surface area contributed by atoms with Gasteiger partial charge in [0, 0.05) is 17.6 Å². The van der Waals surface area contributed by atoms with Gasteiger partial charge in [-0.2, -0.15) is 0 Å². The summed E-state index contributed by atoms with van der Waals surface area (Å²) in [5, 5.41) is 3.43. The predicted molar refractivity (Wildman–Crippen MR) is 88.3 cm³/mol. The largest absolute Gasteiger partial charge is 0.497 e. The zero-order valence-electron chi connectivity index (χ0n) is 12.0. The fourth-order valence-electron chi connectivity index (χ4n) is 3.18. The van der Waals surface area contributed by atoms with Crippen LogP contribution in [0.15, 0.2) is 22.7 Å². The first-order valence-electron chi connectivity index (χ1n) is 7.02. The molecule has 116 valence electrons. The second-order valence-corrected chi connectivity index (χ2v) is 6.42. The topological polar surface area (TPSA) is 41.6 Å².